The third kappa shape index (κ3) is 3.93. The normalized spacial score (nSPS) is 19.7. The van der Waals surface area contributed by atoms with E-state index in [0.717, 1.165) is 9.87 Å². The molecule has 4 N–H and O–H groups in total. The lowest BCUT2D eigenvalue weighted by atomic mass is 10.1. The van der Waals surface area contributed by atoms with E-state index in [1.165, 1.54) is 0 Å². The molecule has 1 atom stereocenters. The Kier molecular flexibility index (Phi) is 4.81. The van der Waals surface area contributed by atoms with Crippen LogP contribution < -0.4 is 10.5 Å². The van der Waals surface area contributed by atoms with E-state index < -0.39 is 22.2 Å². The van der Waals surface area contributed by atoms with Crippen LogP contribution >= 0.6 is 0 Å². The van der Waals surface area contributed by atoms with Crippen molar-refractivity contribution in [2.45, 2.75) is 25.3 Å². The number of carboxylic acids is 1. The highest BCUT2D eigenvalue weighted by molar-refractivity contribution is 7.87. The van der Waals surface area contributed by atoms with Crippen molar-refractivity contribution in [3.8, 4) is 0 Å². The number of hydrogen-bond acceptors (Lipinski definition) is 4. The molecule has 0 radical (unpaired) electrons. The molecule has 116 valence electrons. The summed E-state index contributed by atoms with van der Waals surface area (Å²) in [5.41, 5.74) is 7.19. The second kappa shape index (κ2) is 6.42. The van der Waals surface area contributed by atoms with E-state index in [1.807, 2.05) is 12.1 Å². The van der Waals surface area contributed by atoms with Gasteiger partial charge in [0.1, 0.15) is 6.04 Å². The number of nitrogens with one attached hydrogen (secondary N) is 1. The van der Waals surface area contributed by atoms with Crippen LogP contribution in [0, 0.1) is 0 Å². The first kappa shape index (κ1) is 15.7. The van der Waals surface area contributed by atoms with Crippen molar-refractivity contribution in [3.05, 3.63) is 29.8 Å². The first-order valence-corrected chi connectivity index (χ1v) is 8.18. The number of anilines is 1. The topological polar surface area (TPSA) is 113 Å². The third-order valence-electron chi connectivity index (χ3n) is 3.48. The summed E-state index contributed by atoms with van der Waals surface area (Å²) in [4.78, 5) is 11.0. The molecule has 0 aliphatic carbocycles. The molecule has 1 aliphatic heterocycles. The molecule has 0 aromatic heterocycles. The van der Waals surface area contributed by atoms with Crippen LogP contribution in [-0.4, -0.2) is 42.9 Å². The van der Waals surface area contributed by atoms with Crippen molar-refractivity contribution in [2.24, 2.45) is 0 Å². The van der Waals surface area contributed by atoms with Gasteiger partial charge >= 0.3 is 5.97 Å². The van der Waals surface area contributed by atoms with Crippen molar-refractivity contribution < 1.29 is 18.3 Å². The molecular weight excluding hydrogens is 294 g/mol. The van der Waals surface area contributed by atoms with Crippen LogP contribution in [-0.2, 0) is 21.4 Å². The summed E-state index contributed by atoms with van der Waals surface area (Å²) in [5.74, 6) is -1.10. The fourth-order valence-corrected chi connectivity index (χ4v) is 3.79. The van der Waals surface area contributed by atoms with Crippen LogP contribution in [0.15, 0.2) is 24.3 Å². The number of aliphatic carboxylic acids is 1. The predicted octanol–water partition coefficient (Wildman–Crippen LogP) is 0.195. The Morgan fingerprint density at radius 2 is 2.05 bits per heavy atom. The minimum Gasteiger partial charge on any atom is -0.480 e. The number of carbonyl (C=O) groups is 1. The maximum Gasteiger partial charge on any atom is 0.322 e. The average molecular weight is 313 g/mol. The minimum atomic E-state index is -3.75. The van der Waals surface area contributed by atoms with Gasteiger partial charge in [-0.3, -0.25) is 4.79 Å². The van der Waals surface area contributed by atoms with Gasteiger partial charge in [0.05, 0.1) is 0 Å². The fourth-order valence-electron chi connectivity index (χ4n) is 2.37. The highest BCUT2D eigenvalue weighted by Gasteiger charge is 2.38. The maximum absolute atomic E-state index is 12.1. The highest BCUT2D eigenvalue weighted by atomic mass is 32.2. The number of hydrogen-bond donors (Lipinski definition) is 3. The first-order chi connectivity index (χ1) is 9.90. The quantitative estimate of drug-likeness (QED) is 0.649. The molecule has 2 rings (SSSR count). The summed E-state index contributed by atoms with van der Waals surface area (Å²) >= 11 is 0. The Balaban J connectivity index is 1.92. The second-order valence-corrected chi connectivity index (χ2v) is 6.71. The number of rotatable bonds is 6. The lowest BCUT2D eigenvalue weighted by molar-refractivity contribution is -0.140. The highest BCUT2D eigenvalue weighted by Crippen LogP contribution is 2.20. The summed E-state index contributed by atoms with van der Waals surface area (Å²) in [6.45, 7) is 0.462. The van der Waals surface area contributed by atoms with Crippen LogP contribution in [0.3, 0.4) is 0 Å². The summed E-state index contributed by atoms with van der Waals surface area (Å²) in [6, 6.07) is 6.22. The van der Waals surface area contributed by atoms with E-state index in [-0.39, 0.29) is 13.1 Å². The van der Waals surface area contributed by atoms with Crippen LogP contribution in [0.5, 0.6) is 0 Å². The molecule has 21 heavy (non-hydrogen) atoms. The molecule has 0 spiro atoms. The van der Waals surface area contributed by atoms with Gasteiger partial charge in [-0.25, -0.2) is 4.72 Å². The van der Waals surface area contributed by atoms with Crippen LogP contribution in [0.1, 0.15) is 18.4 Å². The van der Waals surface area contributed by atoms with Crippen molar-refractivity contribution in [2.75, 3.05) is 18.8 Å². The van der Waals surface area contributed by atoms with E-state index in [1.54, 1.807) is 12.1 Å². The molecule has 1 saturated heterocycles. The molecule has 1 aromatic carbocycles. The Morgan fingerprint density at radius 3 is 2.67 bits per heavy atom. The lowest BCUT2D eigenvalue weighted by Crippen LogP contribution is -2.46. The number of nitrogens with two attached hydrogens (primary N) is 1. The molecule has 1 fully saturated rings. The van der Waals surface area contributed by atoms with Gasteiger partial charge in [0.15, 0.2) is 0 Å². The Labute approximate surface area is 123 Å². The molecule has 0 unspecified atom stereocenters. The summed E-state index contributed by atoms with van der Waals surface area (Å²) in [5, 5.41) is 9.03. The van der Waals surface area contributed by atoms with Crippen LogP contribution in [0.4, 0.5) is 5.69 Å². The molecule has 7 nitrogen and oxygen atoms in total. The zero-order valence-electron chi connectivity index (χ0n) is 11.5. The Morgan fingerprint density at radius 1 is 1.38 bits per heavy atom. The zero-order valence-corrected chi connectivity index (χ0v) is 12.3. The number of benzene rings is 1. The third-order valence-corrected chi connectivity index (χ3v) is 5.10. The van der Waals surface area contributed by atoms with Gasteiger partial charge in [-0.15, -0.1) is 0 Å². The van der Waals surface area contributed by atoms with Crippen molar-refractivity contribution in [3.63, 3.8) is 0 Å². The lowest BCUT2D eigenvalue weighted by Gasteiger charge is -2.21. The smallest absolute Gasteiger partial charge is 0.322 e. The molecule has 8 heteroatoms. The minimum absolute atomic E-state index is 0.217. The van der Waals surface area contributed by atoms with Crippen molar-refractivity contribution >= 4 is 21.9 Å². The van der Waals surface area contributed by atoms with E-state index >= 15 is 0 Å². The molecule has 0 bridgehead atoms. The van der Waals surface area contributed by atoms with Gasteiger partial charge in [-0.2, -0.15) is 12.7 Å². The summed E-state index contributed by atoms with van der Waals surface area (Å²) in [7, 11) is -3.75. The SMILES string of the molecule is Nc1ccc(CCNS(=O)(=O)N2CCC[C@H]2C(=O)O)cc1. The standard InChI is InChI=1S/C13H19N3O4S/c14-11-5-3-10(4-6-11)7-8-15-21(19,20)16-9-1-2-12(16)13(17)18/h3-6,12,15H,1-2,7-9,14H2,(H,17,18)/t12-/m0/s1. The van der Waals surface area contributed by atoms with Gasteiger partial charge in [-0.1, -0.05) is 12.1 Å². The molecular formula is C13H19N3O4S. The zero-order chi connectivity index (χ0) is 15.5. The van der Waals surface area contributed by atoms with Gasteiger partial charge in [0.2, 0.25) is 0 Å². The first-order valence-electron chi connectivity index (χ1n) is 6.74. The van der Waals surface area contributed by atoms with Gasteiger partial charge in [0, 0.05) is 18.8 Å². The van der Waals surface area contributed by atoms with Gasteiger partial charge in [-0.05, 0) is 37.0 Å². The van der Waals surface area contributed by atoms with Crippen LogP contribution in [0.2, 0.25) is 0 Å². The largest absolute Gasteiger partial charge is 0.480 e. The van der Waals surface area contributed by atoms with E-state index in [9.17, 15) is 13.2 Å². The van der Waals surface area contributed by atoms with Crippen LogP contribution in [0.25, 0.3) is 0 Å². The van der Waals surface area contributed by atoms with Gasteiger partial charge < -0.3 is 10.8 Å². The predicted molar refractivity (Wildman–Crippen MR) is 78.8 cm³/mol. The van der Waals surface area contributed by atoms with E-state index in [0.29, 0.717) is 24.9 Å². The molecule has 0 amide bonds. The maximum atomic E-state index is 12.1. The Hall–Kier alpha value is -1.64. The monoisotopic (exact) mass is 313 g/mol. The number of nitrogen functional groups attached to an aromatic ring is 1. The molecule has 1 heterocycles. The van der Waals surface area contributed by atoms with Crippen molar-refractivity contribution in [1.82, 2.24) is 9.03 Å². The molecule has 1 aromatic rings. The van der Waals surface area contributed by atoms with Crippen molar-refractivity contribution in [1.29, 1.82) is 0 Å². The second-order valence-electron chi connectivity index (χ2n) is 5.00. The number of nitrogens with zero attached hydrogens (tertiary/aromatic N) is 1. The molecule has 0 saturated carbocycles. The van der Waals surface area contributed by atoms with Gasteiger partial charge in [0.25, 0.3) is 10.2 Å². The average Bonchev–Trinajstić information content (AvgIpc) is 2.91. The molecule has 1 aliphatic rings. The summed E-state index contributed by atoms with van der Waals surface area (Å²) < 4.78 is 27.7. The van der Waals surface area contributed by atoms with E-state index in [4.69, 9.17) is 10.8 Å². The fraction of sp³-hybridized carbons (Fsp3) is 0.462. The van der Waals surface area contributed by atoms with E-state index in [2.05, 4.69) is 4.72 Å². The summed E-state index contributed by atoms with van der Waals surface area (Å²) in [6.07, 6.45) is 1.44. The Bertz CT molecular complexity index is 600. The number of carboxylic acid groups (broad SMARTS) is 1.